The average molecular weight is 202 g/mol. The minimum Gasteiger partial charge on any atom is -0.342 e. The van der Waals surface area contributed by atoms with Gasteiger partial charge in [-0.25, -0.2) is 10.5 Å². The Bertz CT molecular complexity index is 323. The van der Waals surface area contributed by atoms with Crippen molar-refractivity contribution in [3.8, 4) is 11.4 Å². The zero-order valence-corrected chi connectivity index (χ0v) is 8.91. The molecule has 4 nitrogen and oxygen atoms in total. The normalized spacial score (nSPS) is 21.8. The Morgan fingerprint density at radius 2 is 1.62 bits per heavy atom. The van der Waals surface area contributed by atoms with Gasteiger partial charge in [-0.05, 0) is 6.04 Å². The third-order valence-electron chi connectivity index (χ3n) is 2.38. The Balaban J connectivity index is 3.02. The van der Waals surface area contributed by atoms with E-state index in [1.807, 2.05) is 0 Å². The summed E-state index contributed by atoms with van der Waals surface area (Å²) in [6.45, 7) is 13.9. The molecule has 0 aliphatic carbocycles. The summed E-state index contributed by atoms with van der Waals surface area (Å²) in [7, 11) is -5.07. The predicted octanol–water partition coefficient (Wildman–Crippen LogP) is 1.39. The fraction of sp³-hybridized carbons (Fsp3) is 0.429. The lowest BCUT2D eigenvalue weighted by atomic mass is 10.9. The molecule has 0 atom stereocenters. The van der Waals surface area contributed by atoms with Crippen LogP contribution in [0.25, 0.3) is 9.02 Å². The van der Waals surface area contributed by atoms with Gasteiger partial charge in [-0.2, -0.15) is 0 Å². The van der Waals surface area contributed by atoms with Gasteiger partial charge in [-0.3, -0.25) is 13.1 Å². The van der Waals surface area contributed by atoms with Crippen LogP contribution in [0.5, 0.6) is 0 Å². The van der Waals surface area contributed by atoms with E-state index in [1.54, 1.807) is 0 Å². The van der Waals surface area contributed by atoms with Gasteiger partial charge in [0, 0.05) is 11.4 Å². The Kier molecular flexibility index (Phi) is 2.21. The minimum absolute atomic E-state index is 0.347. The van der Waals surface area contributed by atoms with E-state index in [0.29, 0.717) is 17.8 Å². The highest BCUT2D eigenvalue weighted by molar-refractivity contribution is 7.10. The molecule has 13 heavy (non-hydrogen) atoms. The summed E-state index contributed by atoms with van der Waals surface area (Å²) in [4.78, 5) is 0. The van der Waals surface area contributed by atoms with E-state index in [1.165, 1.54) is 0 Å². The highest BCUT2D eigenvalue weighted by Crippen LogP contribution is 2.38. The van der Waals surface area contributed by atoms with Crippen molar-refractivity contribution in [2.24, 2.45) is 0 Å². The Labute approximate surface area is 78.8 Å². The van der Waals surface area contributed by atoms with Gasteiger partial charge in [0.1, 0.15) is 5.67 Å². The van der Waals surface area contributed by atoms with Crippen LogP contribution in [0.2, 0.25) is 17.8 Å². The molecular weight excluding hydrogens is 196 g/mol. The molecule has 1 aliphatic rings. The molecule has 0 spiro atoms. The largest absolute Gasteiger partial charge is 0.842 e. The molecule has 62 valence electrons. The van der Waals surface area contributed by atoms with E-state index in [9.17, 15) is 0 Å². The molecule has 1 saturated heterocycles. The van der Waals surface area contributed by atoms with Crippen molar-refractivity contribution < 1.29 is 0 Å². The van der Waals surface area contributed by atoms with Crippen LogP contribution in [0.15, 0.2) is 0 Å². The number of hydrogen-bond acceptors (Lipinski definition) is 2. The van der Waals surface area contributed by atoms with Crippen LogP contribution < -0.4 is 0 Å². The van der Waals surface area contributed by atoms with Gasteiger partial charge < -0.3 is 9.02 Å². The van der Waals surface area contributed by atoms with Gasteiger partial charge >= 0.3 is 8.40 Å². The van der Waals surface area contributed by atoms with Gasteiger partial charge in [0.05, 0.1) is 6.04 Å². The SMILES string of the molecule is [C-]#[N+][Si]1([N+]#[C-])CC[Si](C#N)(C#N)C1. The van der Waals surface area contributed by atoms with Crippen molar-refractivity contribution in [1.29, 1.82) is 10.5 Å². The average Bonchev–Trinajstić information content (AvgIpc) is 2.59. The fourth-order valence-corrected chi connectivity index (χ4v) is 11.9. The molecule has 0 aromatic heterocycles. The second kappa shape index (κ2) is 3.03. The molecule has 0 bridgehead atoms. The first-order chi connectivity index (χ1) is 6.16. The molecule has 1 heterocycles. The van der Waals surface area contributed by atoms with Gasteiger partial charge in [-0.1, -0.05) is 0 Å². The first kappa shape index (κ1) is 9.48. The monoisotopic (exact) mass is 202 g/mol. The highest BCUT2D eigenvalue weighted by atomic mass is 28.4. The zero-order valence-electron chi connectivity index (χ0n) is 6.91. The lowest BCUT2D eigenvalue weighted by molar-refractivity contribution is 1.38. The standard InChI is InChI=1S/C7H6N4Si2/c1-10-13(11-2)4-3-12(5-8,6-9)7-13/h3-4,7H2. The van der Waals surface area contributed by atoms with Crippen molar-refractivity contribution in [1.82, 2.24) is 0 Å². The third-order valence-corrected chi connectivity index (χ3v) is 11.4. The van der Waals surface area contributed by atoms with E-state index in [0.717, 1.165) is 0 Å². The molecule has 0 radical (unpaired) electrons. The lowest BCUT2D eigenvalue weighted by Gasteiger charge is -1.99. The first-order valence-corrected chi connectivity index (χ1v) is 8.48. The Morgan fingerprint density at radius 3 is 1.85 bits per heavy atom. The van der Waals surface area contributed by atoms with Crippen LogP contribution in [-0.4, -0.2) is 16.5 Å². The third kappa shape index (κ3) is 1.34. The lowest BCUT2D eigenvalue weighted by Crippen LogP contribution is -2.32. The summed E-state index contributed by atoms with van der Waals surface area (Å²) in [6, 6.07) is 1.07. The predicted molar refractivity (Wildman–Crippen MR) is 50.4 cm³/mol. The molecule has 0 amide bonds. The van der Waals surface area contributed by atoms with Crippen LogP contribution >= 0.6 is 0 Å². The molecule has 0 aromatic carbocycles. The van der Waals surface area contributed by atoms with Gasteiger partial charge in [0.15, 0.2) is 0 Å². The van der Waals surface area contributed by atoms with Crippen molar-refractivity contribution in [2.75, 3.05) is 0 Å². The molecule has 0 aromatic rings. The molecule has 6 heteroatoms. The van der Waals surface area contributed by atoms with E-state index >= 15 is 0 Å². The second-order valence-corrected chi connectivity index (χ2v) is 10.6. The van der Waals surface area contributed by atoms with Crippen LogP contribution in [-0.2, 0) is 0 Å². The van der Waals surface area contributed by atoms with Crippen molar-refractivity contribution in [2.45, 2.75) is 17.8 Å². The van der Waals surface area contributed by atoms with Crippen LogP contribution in [0.4, 0.5) is 0 Å². The molecule has 0 unspecified atom stereocenters. The quantitative estimate of drug-likeness (QED) is 0.440. The summed E-state index contributed by atoms with van der Waals surface area (Å²) in [5, 5.41) is 17.7. The van der Waals surface area contributed by atoms with Crippen LogP contribution in [0.1, 0.15) is 0 Å². The van der Waals surface area contributed by atoms with Crippen LogP contribution in [0.3, 0.4) is 0 Å². The van der Waals surface area contributed by atoms with Crippen molar-refractivity contribution in [3.63, 3.8) is 0 Å². The number of hydrogen-bond donors (Lipinski definition) is 0. The van der Waals surface area contributed by atoms with E-state index in [2.05, 4.69) is 20.4 Å². The second-order valence-electron chi connectivity index (χ2n) is 3.19. The molecule has 1 fully saturated rings. The number of nitriles is 2. The number of rotatable bonds is 0. The summed E-state index contributed by atoms with van der Waals surface area (Å²) in [6.07, 6.45) is 0. The van der Waals surface area contributed by atoms with Gasteiger partial charge in [-0.15, -0.1) is 0 Å². The van der Waals surface area contributed by atoms with Gasteiger partial charge in [0.2, 0.25) is 0 Å². The Hall–Kier alpha value is -1.61. The number of nitrogens with zero attached hydrogens (tertiary/aromatic N) is 4. The smallest absolute Gasteiger partial charge is 0.342 e. The highest BCUT2D eigenvalue weighted by Gasteiger charge is 2.72. The van der Waals surface area contributed by atoms with Crippen molar-refractivity contribution in [3.05, 3.63) is 22.2 Å². The maximum atomic E-state index is 8.85. The molecule has 1 aliphatic heterocycles. The topological polar surface area (TPSA) is 56.3 Å². The summed E-state index contributed by atoms with van der Waals surface area (Å²) in [5.41, 5.74) is 4.50. The molecular formula is C7H6N4Si2. The maximum Gasteiger partial charge on any atom is 0.842 e. The zero-order chi connectivity index (χ0) is 9.95. The molecule has 0 N–H and O–H groups in total. The molecule has 1 rings (SSSR count). The van der Waals surface area contributed by atoms with Gasteiger partial charge in [0.25, 0.3) is 8.07 Å². The summed E-state index contributed by atoms with van der Waals surface area (Å²) < 4.78 is 6.79. The van der Waals surface area contributed by atoms with E-state index in [4.69, 9.17) is 23.7 Å². The first-order valence-electron chi connectivity index (χ1n) is 3.76. The molecule has 0 saturated carbocycles. The van der Waals surface area contributed by atoms with Crippen molar-refractivity contribution >= 4 is 16.5 Å². The minimum atomic E-state index is -2.56. The Morgan fingerprint density at radius 1 is 1.08 bits per heavy atom. The summed E-state index contributed by atoms with van der Waals surface area (Å²) >= 11 is 0. The van der Waals surface area contributed by atoms with E-state index in [-0.39, 0.29) is 0 Å². The summed E-state index contributed by atoms with van der Waals surface area (Å²) in [5.74, 6) is 0. The fourth-order valence-electron chi connectivity index (χ4n) is 1.51. The van der Waals surface area contributed by atoms with Crippen LogP contribution in [0, 0.1) is 35.1 Å². The van der Waals surface area contributed by atoms with E-state index < -0.39 is 16.5 Å². The maximum absolute atomic E-state index is 8.85.